The largest absolute Gasteiger partial charge is 0.463 e. The van der Waals surface area contributed by atoms with Crippen LogP contribution in [0.25, 0.3) is 11.1 Å². The number of benzene rings is 5. The van der Waals surface area contributed by atoms with Gasteiger partial charge in [-0.05, 0) is 171 Å². The Labute approximate surface area is 370 Å². The third-order valence-corrected chi connectivity index (χ3v) is 12.8. The van der Waals surface area contributed by atoms with Crippen LogP contribution in [0.15, 0.2) is 154 Å². The molecule has 322 valence electrons. The number of aryl methyl sites for hydroxylation is 2. The third-order valence-electron chi connectivity index (χ3n) is 12.8. The molecule has 0 aromatic heterocycles. The van der Waals surface area contributed by atoms with Gasteiger partial charge in [0.25, 0.3) is 0 Å². The van der Waals surface area contributed by atoms with Crippen molar-refractivity contribution in [1.29, 1.82) is 0 Å². The molecule has 1 aliphatic carbocycles. The summed E-state index contributed by atoms with van der Waals surface area (Å²) in [5.74, 6) is 1.25. The lowest BCUT2D eigenvalue weighted by Crippen LogP contribution is -2.17. The average molecular weight is 828 g/mol. The van der Waals surface area contributed by atoms with Crippen molar-refractivity contribution in [1.82, 2.24) is 0 Å². The van der Waals surface area contributed by atoms with Gasteiger partial charge in [0.2, 0.25) is 0 Å². The zero-order valence-corrected chi connectivity index (χ0v) is 36.7. The van der Waals surface area contributed by atoms with Crippen LogP contribution in [-0.4, -0.2) is 25.7 Å². The van der Waals surface area contributed by atoms with Crippen LogP contribution in [0.4, 0.5) is 28.4 Å². The van der Waals surface area contributed by atoms with Gasteiger partial charge >= 0.3 is 5.97 Å². The lowest BCUT2D eigenvalue weighted by Gasteiger charge is -2.29. The predicted octanol–water partition coefficient (Wildman–Crippen LogP) is 16.1. The summed E-state index contributed by atoms with van der Waals surface area (Å²) in [4.78, 5) is 13.6. The first kappa shape index (κ1) is 44.4. The van der Waals surface area contributed by atoms with Crippen molar-refractivity contribution in [3.63, 3.8) is 0 Å². The van der Waals surface area contributed by atoms with Crippen molar-refractivity contribution in [3.05, 3.63) is 151 Å². The predicted molar refractivity (Wildman–Crippen MR) is 256 cm³/mol. The van der Waals surface area contributed by atoms with E-state index < -0.39 is 0 Å². The van der Waals surface area contributed by atoms with Crippen LogP contribution in [0.2, 0.25) is 0 Å². The molecule has 0 spiro atoms. The second-order valence-corrected chi connectivity index (χ2v) is 17.3. The molecule has 0 unspecified atom stereocenters. The van der Waals surface area contributed by atoms with E-state index >= 15 is 0 Å². The van der Waals surface area contributed by atoms with E-state index in [1.54, 1.807) is 0 Å². The van der Waals surface area contributed by atoms with Crippen molar-refractivity contribution < 1.29 is 9.53 Å². The highest BCUT2D eigenvalue weighted by atomic mass is 16.5. The average Bonchev–Trinajstić information content (AvgIpc) is 3.88. The van der Waals surface area contributed by atoms with Crippen LogP contribution < -0.4 is 4.90 Å². The number of azo groups is 2. The van der Waals surface area contributed by atoms with Crippen molar-refractivity contribution in [2.24, 2.45) is 26.4 Å². The van der Waals surface area contributed by atoms with Gasteiger partial charge < -0.3 is 9.64 Å². The van der Waals surface area contributed by atoms with Crippen LogP contribution >= 0.6 is 0 Å². The first-order valence-corrected chi connectivity index (χ1v) is 23.4. The Hall–Kier alpha value is -5.69. The van der Waals surface area contributed by atoms with E-state index in [0.29, 0.717) is 12.5 Å². The fourth-order valence-corrected chi connectivity index (χ4v) is 8.98. The lowest BCUT2D eigenvalue weighted by molar-refractivity contribution is -0.137. The van der Waals surface area contributed by atoms with Crippen LogP contribution in [0.1, 0.15) is 119 Å². The molecule has 0 N–H and O–H groups in total. The molecule has 1 saturated heterocycles. The van der Waals surface area contributed by atoms with E-state index in [1.165, 1.54) is 123 Å². The number of hydrogen-bond donors (Lipinski definition) is 0. The molecule has 2 fully saturated rings. The number of esters is 1. The zero-order chi connectivity index (χ0) is 42.6. The number of carbonyl (C=O) groups is 1. The monoisotopic (exact) mass is 828 g/mol. The van der Waals surface area contributed by atoms with Gasteiger partial charge in [-0.15, -0.1) is 0 Å². The van der Waals surface area contributed by atoms with Gasteiger partial charge in [-0.2, -0.15) is 20.5 Å². The molecule has 2 aliphatic rings. The van der Waals surface area contributed by atoms with Crippen molar-refractivity contribution in [3.8, 4) is 11.1 Å². The SMILES string of the molecule is C=CC(=O)OCCCCCCC1CCC(c2ccc(-c3ccc(CCCCCCc4ccc(N=Nc5ccc(N=Nc6ccc(N7CCCC7)cc6)cc5)cc4)cc3)cc2)CC1. The highest BCUT2D eigenvalue weighted by Crippen LogP contribution is 2.38. The van der Waals surface area contributed by atoms with Gasteiger partial charge in [-0.25, -0.2) is 4.79 Å². The quantitative estimate of drug-likeness (QED) is 0.0302. The van der Waals surface area contributed by atoms with Crippen LogP contribution in [-0.2, 0) is 22.4 Å². The van der Waals surface area contributed by atoms with E-state index in [0.717, 1.165) is 67.4 Å². The summed E-state index contributed by atoms with van der Waals surface area (Å²) in [6.45, 7) is 6.23. The molecule has 1 saturated carbocycles. The summed E-state index contributed by atoms with van der Waals surface area (Å²) in [6, 6.07) is 43.1. The van der Waals surface area contributed by atoms with Crippen molar-refractivity contribution in [2.45, 2.75) is 115 Å². The summed E-state index contributed by atoms with van der Waals surface area (Å²) in [5.41, 5.74) is 11.4. The zero-order valence-electron chi connectivity index (χ0n) is 36.7. The highest BCUT2D eigenvalue weighted by Gasteiger charge is 2.22. The Balaban J connectivity index is 0.736. The first-order valence-electron chi connectivity index (χ1n) is 23.4. The number of anilines is 1. The van der Waals surface area contributed by atoms with Gasteiger partial charge in [-0.3, -0.25) is 0 Å². The van der Waals surface area contributed by atoms with E-state index in [2.05, 4.69) is 117 Å². The third kappa shape index (κ3) is 14.2. The second-order valence-electron chi connectivity index (χ2n) is 17.3. The second kappa shape index (κ2) is 24.1. The Morgan fingerprint density at radius 2 is 1.00 bits per heavy atom. The number of carbonyl (C=O) groups excluding carboxylic acids is 1. The van der Waals surface area contributed by atoms with Gasteiger partial charge in [0.1, 0.15) is 0 Å². The maximum atomic E-state index is 11.1. The van der Waals surface area contributed by atoms with Crippen molar-refractivity contribution in [2.75, 3.05) is 24.6 Å². The smallest absolute Gasteiger partial charge is 0.330 e. The van der Waals surface area contributed by atoms with E-state index in [4.69, 9.17) is 4.74 Å². The fraction of sp³-hybridized carbons (Fsp3) is 0.400. The molecule has 7 rings (SSSR count). The molecule has 1 heterocycles. The van der Waals surface area contributed by atoms with Crippen LogP contribution in [0.3, 0.4) is 0 Å². The fourth-order valence-electron chi connectivity index (χ4n) is 8.98. The highest BCUT2D eigenvalue weighted by molar-refractivity contribution is 5.81. The van der Waals surface area contributed by atoms with E-state index in [-0.39, 0.29) is 5.97 Å². The van der Waals surface area contributed by atoms with Gasteiger partial charge in [0, 0.05) is 24.9 Å². The summed E-state index contributed by atoms with van der Waals surface area (Å²) < 4.78 is 5.08. The Morgan fingerprint density at radius 3 is 1.53 bits per heavy atom. The number of rotatable bonds is 22. The number of nitrogens with zero attached hydrogens (tertiary/aromatic N) is 5. The Morgan fingerprint density at radius 1 is 0.548 bits per heavy atom. The number of unbranched alkanes of at least 4 members (excludes halogenated alkanes) is 6. The minimum atomic E-state index is -0.314. The summed E-state index contributed by atoms with van der Waals surface area (Å²) in [5, 5.41) is 17.7. The molecule has 7 nitrogen and oxygen atoms in total. The minimum absolute atomic E-state index is 0.314. The molecule has 5 aromatic carbocycles. The molecule has 62 heavy (non-hydrogen) atoms. The topological polar surface area (TPSA) is 79.0 Å². The van der Waals surface area contributed by atoms with Gasteiger partial charge in [0.15, 0.2) is 0 Å². The normalized spacial score (nSPS) is 16.6. The molecule has 1 aliphatic heterocycles. The van der Waals surface area contributed by atoms with Gasteiger partial charge in [-0.1, -0.05) is 106 Å². The molecule has 7 heteroatoms. The molecule has 0 amide bonds. The molecule has 0 atom stereocenters. The summed E-state index contributed by atoms with van der Waals surface area (Å²) in [6.07, 6.45) is 22.1. The standard InChI is InChI=1S/C55H65N5O2/c1-2-55(61)62-42-12-6-5-9-14-44-18-24-47(25-19-44)49-28-26-48(27-29-49)46-22-16-43(17-23-46)13-7-3-4-8-15-45-20-30-50(31-21-45)56-57-51-32-34-52(35-33-51)58-59-53-36-38-54(39-37-53)60-40-10-11-41-60/h2,16-17,20-23,26-39,44,47H,1,3-15,18-19,24-25,40-42H2. The Kier molecular flexibility index (Phi) is 17.2. The lowest BCUT2D eigenvalue weighted by atomic mass is 9.77. The summed E-state index contributed by atoms with van der Waals surface area (Å²) >= 11 is 0. The minimum Gasteiger partial charge on any atom is -0.463 e. The maximum Gasteiger partial charge on any atom is 0.330 e. The maximum absolute atomic E-state index is 11.1. The van der Waals surface area contributed by atoms with Crippen LogP contribution in [0.5, 0.6) is 0 Å². The van der Waals surface area contributed by atoms with Crippen LogP contribution in [0, 0.1) is 5.92 Å². The first-order chi connectivity index (χ1) is 30.6. The van der Waals surface area contributed by atoms with Crippen molar-refractivity contribution >= 4 is 34.4 Å². The molecular formula is C55H65N5O2. The van der Waals surface area contributed by atoms with E-state index in [1.807, 2.05) is 36.4 Å². The van der Waals surface area contributed by atoms with Gasteiger partial charge in [0.05, 0.1) is 29.4 Å². The number of hydrogen-bond acceptors (Lipinski definition) is 7. The van der Waals surface area contributed by atoms with E-state index in [9.17, 15) is 4.79 Å². The number of ether oxygens (including phenoxy) is 1. The molecule has 5 aromatic rings. The molecule has 0 radical (unpaired) electrons. The Bertz CT molecular complexity index is 2150. The molecular weight excluding hydrogens is 763 g/mol. The molecule has 0 bridgehead atoms. The summed E-state index contributed by atoms with van der Waals surface area (Å²) in [7, 11) is 0.